The van der Waals surface area contributed by atoms with Crippen molar-refractivity contribution < 1.29 is 9.32 Å². The molecule has 17 heavy (non-hydrogen) atoms. The third-order valence-corrected chi connectivity index (χ3v) is 2.76. The fraction of sp³-hybridized carbons (Fsp3) is 0.400. The van der Waals surface area contributed by atoms with Crippen LogP contribution in [0, 0.1) is 6.92 Å². The van der Waals surface area contributed by atoms with E-state index in [0.717, 1.165) is 0 Å². The van der Waals surface area contributed by atoms with Crippen LogP contribution < -0.4 is 0 Å². The molecule has 1 aliphatic rings. The fourth-order valence-corrected chi connectivity index (χ4v) is 1.81. The van der Waals surface area contributed by atoms with Crippen molar-refractivity contribution in [1.82, 2.24) is 25.1 Å². The van der Waals surface area contributed by atoms with Gasteiger partial charge in [0.25, 0.3) is 5.91 Å². The van der Waals surface area contributed by atoms with Crippen molar-refractivity contribution in [1.29, 1.82) is 0 Å². The highest BCUT2D eigenvalue weighted by Gasteiger charge is 2.34. The Morgan fingerprint density at radius 1 is 1.41 bits per heavy atom. The molecule has 1 amide bonds. The Kier molecular flexibility index (Phi) is 2.17. The van der Waals surface area contributed by atoms with Crippen molar-refractivity contribution in [2.75, 3.05) is 13.1 Å². The lowest BCUT2D eigenvalue weighted by atomic mass is 10.1. The standard InChI is InChI=1S/C10H11N5O2/c1-7-4-9(13-17-7)10(16)14-5-8(6-14)15-11-2-3-12-15/h2-4,8H,5-6H2,1H3. The SMILES string of the molecule is Cc1cc(C(=O)N2CC(n3nccn3)C2)no1. The van der Waals surface area contributed by atoms with Gasteiger partial charge in [-0.1, -0.05) is 5.16 Å². The predicted octanol–water partition coefficient (Wildman–Crippen LogP) is 0.272. The van der Waals surface area contributed by atoms with Crippen molar-refractivity contribution >= 4 is 5.91 Å². The highest BCUT2D eigenvalue weighted by Crippen LogP contribution is 2.21. The highest BCUT2D eigenvalue weighted by molar-refractivity contribution is 5.92. The van der Waals surface area contributed by atoms with Crippen molar-refractivity contribution in [2.24, 2.45) is 0 Å². The second-order valence-corrected chi connectivity index (χ2v) is 4.04. The minimum atomic E-state index is -0.106. The molecule has 0 radical (unpaired) electrons. The molecule has 0 aliphatic carbocycles. The van der Waals surface area contributed by atoms with Gasteiger partial charge in [-0.25, -0.2) is 0 Å². The maximum Gasteiger partial charge on any atom is 0.276 e. The number of aryl methyl sites for hydroxylation is 1. The molecule has 7 heteroatoms. The van der Waals surface area contributed by atoms with Crippen LogP contribution in [0.1, 0.15) is 22.3 Å². The van der Waals surface area contributed by atoms with Gasteiger partial charge in [0.1, 0.15) is 11.8 Å². The van der Waals surface area contributed by atoms with E-state index >= 15 is 0 Å². The molecule has 0 aromatic carbocycles. The second-order valence-electron chi connectivity index (χ2n) is 4.04. The van der Waals surface area contributed by atoms with E-state index in [9.17, 15) is 4.79 Å². The van der Waals surface area contributed by atoms with Crippen LogP contribution in [0.15, 0.2) is 23.0 Å². The normalized spacial score (nSPS) is 15.9. The number of hydrogen-bond acceptors (Lipinski definition) is 5. The Hall–Kier alpha value is -2.18. The lowest BCUT2D eigenvalue weighted by molar-refractivity contribution is 0.0466. The summed E-state index contributed by atoms with van der Waals surface area (Å²) in [6.45, 7) is 2.98. The van der Waals surface area contributed by atoms with E-state index in [1.54, 1.807) is 35.1 Å². The topological polar surface area (TPSA) is 77.1 Å². The molecule has 3 rings (SSSR count). The summed E-state index contributed by atoms with van der Waals surface area (Å²) < 4.78 is 4.88. The molecular weight excluding hydrogens is 222 g/mol. The monoisotopic (exact) mass is 233 g/mol. The zero-order chi connectivity index (χ0) is 11.8. The summed E-state index contributed by atoms with van der Waals surface area (Å²) in [6.07, 6.45) is 3.26. The van der Waals surface area contributed by atoms with Gasteiger partial charge in [0.2, 0.25) is 0 Å². The molecule has 1 saturated heterocycles. The van der Waals surface area contributed by atoms with Gasteiger partial charge in [0.15, 0.2) is 5.69 Å². The molecule has 2 aromatic rings. The van der Waals surface area contributed by atoms with Gasteiger partial charge >= 0.3 is 0 Å². The average Bonchev–Trinajstić information content (AvgIpc) is 2.86. The summed E-state index contributed by atoms with van der Waals surface area (Å²) in [5.74, 6) is 0.532. The molecule has 0 spiro atoms. The van der Waals surface area contributed by atoms with E-state index in [2.05, 4.69) is 15.4 Å². The number of aromatic nitrogens is 4. The first kappa shape index (κ1) is 10.0. The third kappa shape index (κ3) is 1.69. The van der Waals surface area contributed by atoms with Gasteiger partial charge < -0.3 is 9.42 Å². The van der Waals surface area contributed by atoms with E-state index < -0.39 is 0 Å². The summed E-state index contributed by atoms with van der Waals surface area (Å²) in [5, 5.41) is 11.8. The zero-order valence-electron chi connectivity index (χ0n) is 9.28. The first-order valence-electron chi connectivity index (χ1n) is 5.32. The quantitative estimate of drug-likeness (QED) is 0.744. The molecule has 2 aromatic heterocycles. The molecule has 0 unspecified atom stereocenters. The van der Waals surface area contributed by atoms with Crippen molar-refractivity contribution in [2.45, 2.75) is 13.0 Å². The molecular formula is C10H11N5O2. The van der Waals surface area contributed by atoms with E-state index in [1.165, 1.54) is 0 Å². The minimum absolute atomic E-state index is 0.106. The molecule has 0 bridgehead atoms. The van der Waals surface area contributed by atoms with E-state index in [0.29, 0.717) is 24.5 Å². The van der Waals surface area contributed by atoms with Gasteiger partial charge in [0, 0.05) is 19.2 Å². The minimum Gasteiger partial charge on any atom is -0.361 e. The lowest BCUT2D eigenvalue weighted by Crippen LogP contribution is -2.51. The fourth-order valence-electron chi connectivity index (χ4n) is 1.81. The molecule has 88 valence electrons. The summed E-state index contributed by atoms with van der Waals surface area (Å²) in [6, 6.07) is 1.81. The molecule has 3 heterocycles. The molecule has 0 saturated carbocycles. The maximum absolute atomic E-state index is 11.9. The number of nitrogens with zero attached hydrogens (tertiary/aromatic N) is 5. The average molecular weight is 233 g/mol. The van der Waals surface area contributed by atoms with Crippen LogP contribution in [0.25, 0.3) is 0 Å². The van der Waals surface area contributed by atoms with Gasteiger partial charge in [-0.15, -0.1) is 0 Å². The number of amides is 1. The Bertz CT molecular complexity index is 527. The van der Waals surface area contributed by atoms with Crippen molar-refractivity contribution in [3.05, 3.63) is 29.9 Å². The summed E-state index contributed by atoms with van der Waals surface area (Å²) >= 11 is 0. The molecule has 0 atom stereocenters. The smallest absolute Gasteiger partial charge is 0.276 e. The van der Waals surface area contributed by atoms with E-state index in [-0.39, 0.29) is 11.9 Å². The first-order valence-corrected chi connectivity index (χ1v) is 5.32. The van der Waals surface area contributed by atoms with E-state index in [4.69, 9.17) is 4.52 Å². The maximum atomic E-state index is 11.9. The zero-order valence-corrected chi connectivity index (χ0v) is 9.28. The van der Waals surface area contributed by atoms with E-state index in [1.807, 2.05) is 0 Å². The summed E-state index contributed by atoms with van der Waals surface area (Å²) in [5.41, 5.74) is 0.356. The lowest BCUT2D eigenvalue weighted by Gasteiger charge is -2.37. The second kappa shape index (κ2) is 3.69. The number of carbonyl (C=O) groups is 1. The van der Waals surface area contributed by atoms with Crippen LogP contribution in [-0.2, 0) is 0 Å². The third-order valence-electron chi connectivity index (χ3n) is 2.76. The van der Waals surface area contributed by atoms with Crippen molar-refractivity contribution in [3.8, 4) is 0 Å². The van der Waals surface area contributed by atoms with Crippen LogP contribution in [0.3, 0.4) is 0 Å². The number of carbonyl (C=O) groups excluding carboxylic acids is 1. The van der Waals surface area contributed by atoms with Crippen LogP contribution >= 0.6 is 0 Å². The summed E-state index contributed by atoms with van der Waals surface area (Å²) in [7, 11) is 0. The van der Waals surface area contributed by atoms with Crippen LogP contribution in [0.5, 0.6) is 0 Å². The van der Waals surface area contributed by atoms with Gasteiger partial charge in [-0.05, 0) is 6.92 Å². The highest BCUT2D eigenvalue weighted by atomic mass is 16.5. The molecule has 0 N–H and O–H groups in total. The predicted molar refractivity (Wildman–Crippen MR) is 56.2 cm³/mol. The Morgan fingerprint density at radius 3 is 2.71 bits per heavy atom. The number of hydrogen-bond donors (Lipinski definition) is 0. The van der Waals surface area contributed by atoms with Crippen LogP contribution in [0.4, 0.5) is 0 Å². The number of rotatable bonds is 2. The first-order chi connectivity index (χ1) is 8.24. The number of likely N-dealkylation sites (tertiary alicyclic amines) is 1. The Morgan fingerprint density at radius 2 is 2.12 bits per heavy atom. The molecule has 1 fully saturated rings. The Labute approximate surface area is 97.0 Å². The van der Waals surface area contributed by atoms with Crippen LogP contribution in [0.2, 0.25) is 0 Å². The van der Waals surface area contributed by atoms with Gasteiger partial charge in [-0.3, -0.25) is 4.79 Å². The van der Waals surface area contributed by atoms with Crippen molar-refractivity contribution in [3.63, 3.8) is 0 Å². The van der Waals surface area contributed by atoms with Crippen LogP contribution in [-0.4, -0.2) is 44.0 Å². The van der Waals surface area contributed by atoms with Gasteiger partial charge in [-0.2, -0.15) is 15.0 Å². The summed E-state index contributed by atoms with van der Waals surface area (Å²) in [4.78, 5) is 15.2. The molecule has 7 nitrogen and oxygen atoms in total. The van der Waals surface area contributed by atoms with Gasteiger partial charge in [0.05, 0.1) is 12.4 Å². The molecule has 1 aliphatic heterocycles. The Balaban J connectivity index is 1.64. The largest absolute Gasteiger partial charge is 0.361 e.